The first-order valence-electron chi connectivity index (χ1n) is 8.83. The van der Waals surface area contributed by atoms with Crippen LogP contribution in [-0.4, -0.2) is 34.4 Å². The second-order valence-corrected chi connectivity index (χ2v) is 7.85. The molecule has 0 atom stereocenters. The summed E-state index contributed by atoms with van der Waals surface area (Å²) in [5.41, 5.74) is -0.567. The molecule has 0 aromatic heterocycles. The molecule has 4 aliphatic rings. The third-order valence-electron chi connectivity index (χ3n) is 5.87. The highest BCUT2D eigenvalue weighted by Gasteiger charge is 2.53. The summed E-state index contributed by atoms with van der Waals surface area (Å²) in [6, 6.07) is 3.87. The molecule has 4 saturated carbocycles. The molecule has 0 spiro atoms. The number of ether oxygens (including phenoxy) is 2. The molecule has 4 fully saturated rings. The van der Waals surface area contributed by atoms with Gasteiger partial charge >= 0.3 is 11.9 Å². The number of hydrogen-bond donors (Lipinski definition) is 2. The fraction of sp³-hybridized carbons (Fsp3) is 0.579. The first-order valence-corrected chi connectivity index (χ1v) is 8.83. The Morgan fingerprint density at radius 1 is 1.08 bits per heavy atom. The Bertz CT molecular complexity index is 675. The van der Waals surface area contributed by atoms with Crippen LogP contribution < -0.4 is 4.74 Å². The number of esters is 1. The number of hydrogen-bond acceptors (Lipinski definition) is 5. The van der Waals surface area contributed by atoms with Gasteiger partial charge in [-0.15, -0.1) is 0 Å². The van der Waals surface area contributed by atoms with Crippen molar-refractivity contribution in [1.82, 2.24) is 0 Å². The monoisotopic (exact) mass is 346 g/mol. The number of benzene rings is 1. The minimum absolute atomic E-state index is 0.220. The molecule has 4 bridgehead atoms. The van der Waals surface area contributed by atoms with Gasteiger partial charge in [0.05, 0.1) is 0 Å². The predicted octanol–water partition coefficient (Wildman–Crippen LogP) is 2.98. The quantitative estimate of drug-likeness (QED) is 0.796. The molecule has 4 aliphatic carbocycles. The van der Waals surface area contributed by atoms with Crippen LogP contribution in [0.15, 0.2) is 18.2 Å². The number of carbonyl (C=O) groups excluding carboxylic acids is 1. The van der Waals surface area contributed by atoms with Gasteiger partial charge in [-0.3, -0.25) is 0 Å². The molecular weight excluding hydrogens is 324 g/mol. The third kappa shape index (κ3) is 3.17. The predicted molar refractivity (Wildman–Crippen MR) is 87.6 cm³/mol. The lowest BCUT2D eigenvalue weighted by molar-refractivity contribution is -0.188. The standard InChI is InChI=1S/C19H22O6/c20-16-2-1-14(6-15(16)18(22)23)24-10-17(21)25-19-7-11-3-12(8-19)5-13(4-11)9-19/h1-2,6,11-13,20H,3-5,7-10H2,(H,22,23). The molecule has 0 amide bonds. The maximum Gasteiger partial charge on any atom is 0.344 e. The average molecular weight is 346 g/mol. The number of phenols is 1. The van der Waals surface area contributed by atoms with Crippen LogP contribution in [0.25, 0.3) is 0 Å². The van der Waals surface area contributed by atoms with Crippen molar-refractivity contribution in [3.05, 3.63) is 23.8 Å². The fourth-order valence-corrected chi connectivity index (χ4v) is 5.35. The van der Waals surface area contributed by atoms with Gasteiger partial charge in [-0.05, 0) is 74.5 Å². The normalized spacial score (nSPS) is 32.4. The summed E-state index contributed by atoms with van der Waals surface area (Å²) in [6.07, 6.45) is 6.73. The summed E-state index contributed by atoms with van der Waals surface area (Å²) in [6.45, 7) is -0.258. The van der Waals surface area contributed by atoms with Gasteiger partial charge in [0.1, 0.15) is 22.7 Å². The lowest BCUT2D eigenvalue weighted by Gasteiger charge is -2.55. The maximum atomic E-state index is 12.3. The number of carboxylic acids is 1. The van der Waals surface area contributed by atoms with Crippen molar-refractivity contribution in [2.75, 3.05) is 6.61 Å². The Labute approximate surface area is 145 Å². The molecule has 2 N–H and O–H groups in total. The van der Waals surface area contributed by atoms with Gasteiger partial charge in [-0.1, -0.05) is 0 Å². The van der Waals surface area contributed by atoms with E-state index in [1.165, 1.54) is 37.5 Å². The zero-order chi connectivity index (χ0) is 17.6. The summed E-state index contributed by atoms with van der Waals surface area (Å²) in [5.74, 6) is 0.292. The minimum Gasteiger partial charge on any atom is -0.507 e. The summed E-state index contributed by atoms with van der Waals surface area (Å²) in [5, 5.41) is 18.5. The van der Waals surface area contributed by atoms with Crippen molar-refractivity contribution >= 4 is 11.9 Å². The number of aromatic carboxylic acids is 1. The molecule has 5 rings (SSSR count). The molecule has 0 radical (unpaired) electrons. The van der Waals surface area contributed by atoms with Crippen molar-refractivity contribution in [1.29, 1.82) is 0 Å². The van der Waals surface area contributed by atoms with Gasteiger partial charge in [-0.2, -0.15) is 0 Å². The summed E-state index contributed by atoms with van der Waals surface area (Å²) in [4.78, 5) is 23.3. The van der Waals surface area contributed by atoms with Crippen LogP contribution in [-0.2, 0) is 9.53 Å². The second kappa shape index (κ2) is 5.93. The molecule has 0 heterocycles. The van der Waals surface area contributed by atoms with Gasteiger partial charge < -0.3 is 19.7 Å². The SMILES string of the molecule is O=C(COc1ccc(O)c(C(=O)O)c1)OC12CC3CC(CC(C3)C1)C2. The largest absolute Gasteiger partial charge is 0.507 e. The number of aromatic hydroxyl groups is 1. The molecular formula is C19H22O6. The van der Waals surface area contributed by atoms with Crippen molar-refractivity contribution in [2.45, 2.75) is 44.1 Å². The second-order valence-electron chi connectivity index (χ2n) is 7.85. The molecule has 1 aromatic rings. The van der Waals surface area contributed by atoms with Crippen LogP contribution in [0.1, 0.15) is 48.9 Å². The minimum atomic E-state index is -1.25. The molecule has 1 aromatic carbocycles. The van der Waals surface area contributed by atoms with Gasteiger partial charge in [-0.25, -0.2) is 9.59 Å². The zero-order valence-corrected chi connectivity index (χ0v) is 13.9. The van der Waals surface area contributed by atoms with Crippen molar-refractivity contribution in [3.8, 4) is 11.5 Å². The molecule has 134 valence electrons. The molecule has 25 heavy (non-hydrogen) atoms. The van der Waals surface area contributed by atoms with E-state index in [1.54, 1.807) is 0 Å². The van der Waals surface area contributed by atoms with Crippen LogP contribution in [0.2, 0.25) is 0 Å². The van der Waals surface area contributed by atoms with E-state index in [1.807, 2.05) is 0 Å². The lowest BCUT2D eigenvalue weighted by atomic mass is 9.54. The molecule has 6 nitrogen and oxygen atoms in total. The number of carboxylic acid groups (broad SMARTS) is 1. The highest BCUT2D eigenvalue weighted by atomic mass is 16.6. The Morgan fingerprint density at radius 2 is 1.68 bits per heavy atom. The van der Waals surface area contributed by atoms with E-state index in [4.69, 9.17) is 14.6 Å². The molecule has 0 saturated heterocycles. The summed E-state index contributed by atoms with van der Waals surface area (Å²) < 4.78 is 11.2. The Hall–Kier alpha value is -2.24. The van der Waals surface area contributed by atoms with E-state index in [-0.39, 0.29) is 29.3 Å². The van der Waals surface area contributed by atoms with Gasteiger partial charge in [0.25, 0.3) is 0 Å². The topological polar surface area (TPSA) is 93.1 Å². The first-order chi connectivity index (χ1) is 11.9. The molecule has 0 unspecified atom stereocenters. The highest BCUT2D eigenvalue weighted by Crippen LogP contribution is 2.57. The third-order valence-corrected chi connectivity index (χ3v) is 5.87. The van der Waals surface area contributed by atoms with Crippen LogP contribution in [0.5, 0.6) is 11.5 Å². The number of carbonyl (C=O) groups is 2. The molecule has 6 heteroatoms. The fourth-order valence-electron chi connectivity index (χ4n) is 5.35. The van der Waals surface area contributed by atoms with Gasteiger partial charge in [0.15, 0.2) is 6.61 Å². The van der Waals surface area contributed by atoms with E-state index in [9.17, 15) is 14.7 Å². The summed E-state index contributed by atoms with van der Waals surface area (Å²) in [7, 11) is 0. The van der Waals surface area contributed by atoms with Gasteiger partial charge in [0, 0.05) is 0 Å². The molecule has 0 aliphatic heterocycles. The van der Waals surface area contributed by atoms with E-state index < -0.39 is 11.9 Å². The van der Waals surface area contributed by atoms with Crippen molar-refractivity contribution < 1.29 is 29.3 Å². The van der Waals surface area contributed by atoms with Gasteiger partial charge in [0.2, 0.25) is 0 Å². The van der Waals surface area contributed by atoms with E-state index in [0.29, 0.717) is 17.8 Å². The Morgan fingerprint density at radius 3 is 2.24 bits per heavy atom. The maximum absolute atomic E-state index is 12.3. The first kappa shape index (κ1) is 16.2. The summed E-state index contributed by atoms with van der Waals surface area (Å²) >= 11 is 0. The van der Waals surface area contributed by atoms with Crippen molar-refractivity contribution in [3.63, 3.8) is 0 Å². The van der Waals surface area contributed by atoms with Crippen LogP contribution in [0.3, 0.4) is 0 Å². The lowest BCUT2D eigenvalue weighted by Crippen LogP contribution is -2.53. The Kier molecular flexibility index (Phi) is 3.85. The van der Waals surface area contributed by atoms with Crippen molar-refractivity contribution in [2.24, 2.45) is 17.8 Å². The Balaban J connectivity index is 1.37. The zero-order valence-electron chi connectivity index (χ0n) is 13.9. The smallest absolute Gasteiger partial charge is 0.344 e. The van der Waals surface area contributed by atoms with Crippen LogP contribution in [0.4, 0.5) is 0 Å². The average Bonchev–Trinajstić information content (AvgIpc) is 2.52. The van der Waals surface area contributed by atoms with E-state index >= 15 is 0 Å². The van der Waals surface area contributed by atoms with E-state index in [0.717, 1.165) is 19.3 Å². The van der Waals surface area contributed by atoms with E-state index in [2.05, 4.69) is 0 Å². The highest BCUT2D eigenvalue weighted by molar-refractivity contribution is 5.91. The van der Waals surface area contributed by atoms with Crippen LogP contribution >= 0.6 is 0 Å². The van der Waals surface area contributed by atoms with Crippen LogP contribution in [0, 0.1) is 17.8 Å². The number of rotatable bonds is 5.